The lowest BCUT2D eigenvalue weighted by Crippen LogP contribution is -1.98. The minimum atomic E-state index is -0.841. The number of carboxylic acids is 1. The highest BCUT2D eigenvalue weighted by Crippen LogP contribution is 1.99. The summed E-state index contributed by atoms with van der Waals surface area (Å²) in [5, 5.41) is 8.40. The Morgan fingerprint density at radius 2 is 2.33 bits per heavy atom. The summed E-state index contributed by atoms with van der Waals surface area (Å²) in [6, 6.07) is 0. The van der Waals surface area contributed by atoms with Gasteiger partial charge in [0.05, 0.1) is 0 Å². The zero-order chi connectivity index (χ0) is 7.28. The van der Waals surface area contributed by atoms with Crippen LogP contribution in [0.5, 0.6) is 0 Å². The monoisotopic (exact) mass is 146 g/mol. The first-order valence-electron chi connectivity index (χ1n) is 2.75. The molecule has 0 aromatic carbocycles. The summed E-state index contributed by atoms with van der Waals surface area (Å²) in [4.78, 5) is 10.2. The van der Waals surface area contributed by atoms with Crippen molar-refractivity contribution in [1.29, 1.82) is 0 Å². The molecule has 0 fully saturated rings. The molecule has 0 bridgehead atoms. The molecule has 52 valence electrons. The molecule has 0 spiro atoms. The maximum atomic E-state index is 10.2. The van der Waals surface area contributed by atoms with Crippen LogP contribution in [0.1, 0.15) is 13.3 Å². The fraction of sp³-hybridized carbons (Fsp3) is 0.500. The number of carbonyl (C=O) groups is 1. The lowest BCUT2D eigenvalue weighted by atomic mass is 10.2. The summed E-state index contributed by atoms with van der Waals surface area (Å²) >= 11 is 3.87. The number of carboxylic acid groups (broad SMARTS) is 1. The molecule has 0 saturated carbocycles. The molecule has 0 saturated heterocycles. The van der Waals surface area contributed by atoms with Gasteiger partial charge in [-0.25, -0.2) is 4.79 Å². The minimum Gasteiger partial charge on any atom is -0.478 e. The fourth-order valence-electron chi connectivity index (χ4n) is 0.493. The molecule has 3 heteroatoms. The van der Waals surface area contributed by atoms with Crippen LogP contribution in [0.15, 0.2) is 11.6 Å². The summed E-state index contributed by atoms with van der Waals surface area (Å²) in [6.07, 6.45) is 2.17. The topological polar surface area (TPSA) is 37.3 Å². The van der Waals surface area contributed by atoms with E-state index in [-0.39, 0.29) is 0 Å². The van der Waals surface area contributed by atoms with Gasteiger partial charge in [-0.15, -0.1) is 0 Å². The first kappa shape index (κ1) is 8.56. The van der Waals surface area contributed by atoms with Crippen LogP contribution in [-0.2, 0) is 4.79 Å². The van der Waals surface area contributed by atoms with E-state index in [1.165, 1.54) is 0 Å². The van der Waals surface area contributed by atoms with Gasteiger partial charge in [0.1, 0.15) is 0 Å². The van der Waals surface area contributed by atoms with Gasteiger partial charge in [-0.1, -0.05) is 13.0 Å². The Hall–Kier alpha value is -0.440. The molecule has 0 aliphatic heterocycles. The SMILES string of the molecule is CCC(=CCS)C(=O)O. The molecular weight excluding hydrogens is 136 g/mol. The number of hydrogen-bond donors (Lipinski definition) is 2. The van der Waals surface area contributed by atoms with E-state index in [1.807, 2.05) is 6.92 Å². The van der Waals surface area contributed by atoms with E-state index in [2.05, 4.69) is 12.6 Å². The van der Waals surface area contributed by atoms with E-state index in [0.29, 0.717) is 17.7 Å². The van der Waals surface area contributed by atoms with Crippen LogP contribution in [-0.4, -0.2) is 16.8 Å². The van der Waals surface area contributed by atoms with Crippen LogP contribution in [0.3, 0.4) is 0 Å². The first-order valence-corrected chi connectivity index (χ1v) is 3.38. The molecular formula is C6H10O2S. The second kappa shape index (κ2) is 4.44. The summed E-state index contributed by atoms with van der Waals surface area (Å²) < 4.78 is 0. The average Bonchev–Trinajstić information content (AvgIpc) is 1.82. The van der Waals surface area contributed by atoms with Crippen LogP contribution in [0.4, 0.5) is 0 Å². The molecule has 0 amide bonds. The molecule has 0 aliphatic carbocycles. The second-order valence-electron chi connectivity index (χ2n) is 1.57. The molecule has 0 heterocycles. The molecule has 0 aromatic heterocycles. The van der Waals surface area contributed by atoms with Crippen molar-refractivity contribution in [3.8, 4) is 0 Å². The maximum absolute atomic E-state index is 10.2. The Balaban J connectivity index is 3.98. The molecule has 0 aliphatic rings. The average molecular weight is 146 g/mol. The van der Waals surface area contributed by atoms with Gasteiger partial charge in [-0.05, 0) is 6.42 Å². The Morgan fingerprint density at radius 3 is 2.44 bits per heavy atom. The van der Waals surface area contributed by atoms with Crippen molar-refractivity contribution in [2.75, 3.05) is 5.75 Å². The van der Waals surface area contributed by atoms with Gasteiger partial charge < -0.3 is 5.11 Å². The predicted molar refractivity (Wildman–Crippen MR) is 39.9 cm³/mol. The summed E-state index contributed by atoms with van der Waals surface area (Å²) in [5.74, 6) is -0.346. The third-order valence-corrected chi connectivity index (χ3v) is 1.18. The van der Waals surface area contributed by atoms with E-state index in [1.54, 1.807) is 6.08 Å². The van der Waals surface area contributed by atoms with Crippen LogP contribution in [0, 0.1) is 0 Å². The molecule has 1 N–H and O–H groups in total. The Kier molecular flexibility index (Phi) is 4.22. The van der Waals surface area contributed by atoms with E-state index in [4.69, 9.17) is 5.11 Å². The van der Waals surface area contributed by atoms with Gasteiger partial charge in [0, 0.05) is 11.3 Å². The predicted octanol–water partition coefficient (Wildman–Crippen LogP) is 1.34. The van der Waals surface area contributed by atoms with Crippen molar-refractivity contribution in [1.82, 2.24) is 0 Å². The van der Waals surface area contributed by atoms with Crippen molar-refractivity contribution < 1.29 is 9.90 Å². The Bertz CT molecular complexity index is 129. The third-order valence-electron chi connectivity index (χ3n) is 0.993. The zero-order valence-electron chi connectivity index (χ0n) is 5.29. The summed E-state index contributed by atoms with van der Waals surface area (Å²) in [6.45, 7) is 1.81. The molecule has 9 heavy (non-hydrogen) atoms. The van der Waals surface area contributed by atoms with E-state index >= 15 is 0 Å². The Morgan fingerprint density at radius 1 is 1.78 bits per heavy atom. The standard InChI is InChI=1S/C6H10O2S/c1-2-5(3-4-9)6(7)8/h3,9H,2,4H2,1H3,(H,7,8). The first-order chi connectivity index (χ1) is 4.22. The van der Waals surface area contributed by atoms with Gasteiger partial charge in [0.15, 0.2) is 0 Å². The fourth-order valence-corrected chi connectivity index (χ4v) is 0.713. The van der Waals surface area contributed by atoms with E-state index in [0.717, 1.165) is 0 Å². The van der Waals surface area contributed by atoms with Crippen molar-refractivity contribution in [3.63, 3.8) is 0 Å². The highest BCUT2D eigenvalue weighted by Gasteiger charge is 2.00. The van der Waals surface area contributed by atoms with E-state index < -0.39 is 5.97 Å². The molecule has 0 unspecified atom stereocenters. The zero-order valence-corrected chi connectivity index (χ0v) is 6.19. The maximum Gasteiger partial charge on any atom is 0.331 e. The number of aliphatic carboxylic acids is 1. The largest absolute Gasteiger partial charge is 0.478 e. The van der Waals surface area contributed by atoms with Crippen LogP contribution >= 0.6 is 12.6 Å². The highest BCUT2D eigenvalue weighted by molar-refractivity contribution is 7.80. The van der Waals surface area contributed by atoms with Crippen molar-refractivity contribution in [3.05, 3.63) is 11.6 Å². The van der Waals surface area contributed by atoms with E-state index in [9.17, 15) is 4.79 Å². The highest BCUT2D eigenvalue weighted by atomic mass is 32.1. The van der Waals surface area contributed by atoms with Gasteiger partial charge in [0.25, 0.3) is 0 Å². The lowest BCUT2D eigenvalue weighted by Gasteiger charge is -1.93. The van der Waals surface area contributed by atoms with Crippen molar-refractivity contribution in [2.45, 2.75) is 13.3 Å². The van der Waals surface area contributed by atoms with Gasteiger partial charge >= 0.3 is 5.97 Å². The second-order valence-corrected chi connectivity index (χ2v) is 1.94. The summed E-state index contributed by atoms with van der Waals surface area (Å²) in [5.41, 5.74) is 0.435. The smallest absolute Gasteiger partial charge is 0.331 e. The lowest BCUT2D eigenvalue weighted by molar-refractivity contribution is -0.132. The quantitative estimate of drug-likeness (QED) is 0.465. The number of thiol groups is 1. The molecule has 0 aromatic rings. The molecule has 0 rings (SSSR count). The number of rotatable bonds is 3. The minimum absolute atomic E-state index is 0.435. The van der Waals surface area contributed by atoms with Crippen LogP contribution in [0.2, 0.25) is 0 Å². The van der Waals surface area contributed by atoms with Crippen LogP contribution < -0.4 is 0 Å². The normalized spacial score (nSPS) is 11.6. The van der Waals surface area contributed by atoms with Gasteiger partial charge in [-0.2, -0.15) is 12.6 Å². The Labute approximate surface area is 60.0 Å². The number of hydrogen-bond acceptors (Lipinski definition) is 2. The van der Waals surface area contributed by atoms with Crippen molar-refractivity contribution >= 4 is 18.6 Å². The molecule has 0 atom stereocenters. The van der Waals surface area contributed by atoms with Gasteiger partial charge in [-0.3, -0.25) is 0 Å². The molecule has 0 radical (unpaired) electrons. The molecule has 2 nitrogen and oxygen atoms in total. The van der Waals surface area contributed by atoms with Crippen molar-refractivity contribution in [2.24, 2.45) is 0 Å². The van der Waals surface area contributed by atoms with Gasteiger partial charge in [0.2, 0.25) is 0 Å². The van der Waals surface area contributed by atoms with Crippen LogP contribution in [0.25, 0.3) is 0 Å². The third kappa shape index (κ3) is 3.19. The summed E-state index contributed by atoms with van der Waals surface area (Å²) in [7, 11) is 0.